The maximum absolute atomic E-state index is 13.8. The summed E-state index contributed by atoms with van der Waals surface area (Å²) in [6, 6.07) is 9.15. The summed E-state index contributed by atoms with van der Waals surface area (Å²) in [5.41, 5.74) is 11.6. The van der Waals surface area contributed by atoms with Crippen molar-refractivity contribution in [2.75, 3.05) is 20.2 Å². The molecule has 3 N–H and O–H groups in total. The van der Waals surface area contributed by atoms with Gasteiger partial charge in [0.1, 0.15) is 17.0 Å². The van der Waals surface area contributed by atoms with Gasteiger partial charge in [0, 0.05) is 67.6 Å². The van der Waals surface area contributed by atoms with Gasteiger partial charge in [0.25, 0.3) is 11.8 Å². The van der Waals surface area contributed by atoms with E-state index in [0.717, 1.165) is 66.8 Å². The van der Waals surface area contributed by atoms with Gasteiger partial charge in [-0.25, -0.2) is 23.5 Å². The van der Waals surface area contributed by atoms with Crippen LogP contribution in [0.3, 0.4) is 0 Å². The van der Waals surface area contributed by atoms with Gasteiger partial charge in [-0.15, -0.1) is 0 Å². The molecule has 48 heavy (non-hydrogen) atoms. The molecule has 1 aliphatic carbocycles. The van der Waals surface area contributed by atoms with E-state index in [1.165, 1.54) is 4.90 Å². The number of imidazole rings is 1. The van der Waals surface area contributed by atoms with Crippen molar-refractivity contribution in [2.24, 2.45) is 11.7 Å². The highest BCUT2D eigenvalue weighted by molar-refractivity contribution is 5.97. The molecular weight excluding hydrogens is 618 g/mol. The van der Waals surface area contributed by atoms with Gasteiger partial charge in [0.15, 0.2) is 5.88 Å². The van der Waals surface area contributed by atoms with Crippen LogP contribution in [-0.4, -0.2) is 84.9 Å². The van der Waals surface area contributed by atoms with Gasteiger partial charge >= 0.3 is 6.03 Å². The molecule has 4 aromatic heterocycles. The molecule has 3 aliphatic heterocycles. The van der Waals surface area contributed by atoms with E-state index < -0.39 is 12.0 Å². The normalized spacial score (nSPS) is 24.1. The van der Waals surface area contributed by atoms with Crippen LogP contribution in [0.2, 0.25) is 0 Å². The standard InChI is InChI=1S/C35H42F2N8O3/c1-19(39-34(47)42-12-10-35(36,37)11-13-42)26-8-6-22-14-28(43(32(22)40-26)18-21-4-5-21)31-20(2)44-29(41-31)15-23(16-30(44)48-3)33(46)45-24-7-9-27(45)25(38)17-24/h6,8,14-16,19,21,24-25,27H,4-5,7,9-13,17-18,38H2,1-3H3,(H,39,47)/t19-,24+,25-,27-/m1/s1. The van der Waals surface area contributed by atoms with Crippen LogP contribution >= 0.6 is 0 Å². The average Bonchev–Trinajstić information content (AvgIpc) is 3.38. The first kappa shape index (κ1) is 31.0. The Kier molecular flexibility index (Phi) is 7.39. The van der Waals surface area contributed by atoms with Crippen molar-refractivity contribution in [2.45, 2.75) is 95.4 Å². The van der Waals surface area contributed by atoms with Crippen molar-refractivity contribution in [1.82, 2.24) is 34.1 Å². The second-order valence-electron chi connectivity index (χ2n) is 14.2. The molecule has 11 nitrogen and oxygen atoms in total. The highest BCUT2D eigenvalue weighted by Gasteiger charge is 2.47. The number of amides is 3. The molecular formula is C35H42F2N8O3. The summed E-state index contributed by atoms with van der Waals surface area (Å²) in [6.45, 7) is 4.70. The van der Waals surface area contributed by atoms with E-state index in [-0.39, 0.29) is 56.0 Å². The van der Waals surface area contributed by atoms with E-state index >= 15 is 0 Å². The second kappa shape index (κ2) is 11.4. The van der Waals surface area contributed by atoms with Crippen molar-refractivity contribution in [3.8, 4) is 17.3 Å². The van der Waals surface area contributed by atoms with Crippen LogP contribution in [-0.2, 0) is 6.54 Å². The number of nitrogens with zero attached hydrogens (tertiary/aromatic N) is 6. The summed E-state index contributed by atoms with van der Waals surface area (Å²) in [7, 11) is 1.60. The van der Waals surface area contributed by atoms with Crippen LogP contribution in [0.4, 0.5) is 13.6 Å². The van der Waals surface area contributed by atoms with Crippen LogP contribution < -0.4 is 15.8 Å². The van der Waals surface area contributed by atoms with E-state index in [1.807, 2.05) is 41.3 Å². The van der Waals surface area contributed by atoms with Gasteiger partial charge in [-0.1, -0.05) is 0 Å². The number of ether oxygens (including phenoxy) is 1. The third-order valence-electron chi connectivity index (χ3n) is 10.9. The lowest BCUT2D eigenvalue weighted by Crippen LogP contribution is -2.47. The first-order valence-corrected chi connectivity index (χ1v) is 17.1. The highest BCUT2D eigenvalue weighted by Crippen LogP contribution is 2.40. The fourth-order valence-electron chi connectivity index (χ4n) is 8.00. The van der Waals surface area contributed by atoms with E-state index in [9.17, 15) is 18.4 Å². The fraction of sp³-hybridized carbons (Fsp3) is 0.543. The number of carbonyl (C=O) groups excluding carboxylic acids is 2. The maximum Gasteiger partial charge on any atom is 0.317 e. The number of nitrogens with two attached hydrogens (primary N) is 1. The number of piperidine rings is 1. The number of rotatable bonds is 7. The fourth-order valence-corrected chi connectivity index (χ4v) is 8.00. The number of halogens is 2. The summed E-state index contributed by atoms with van der Waals surface area (Å²) < 4.78 is 37.3. The number of pyridine rings is 2. The van der Waals surface area contributed by atoms with Crippen molar-refractivity contribution < 1.29 is 23.1 Å². The molecule has 0 spiro atoms. The molecule has 254 valence electrons. The molecule has 8 rings (SSSR count). The molecule has 3 saturated heterocycles. The SMILES string of the molecule is COc1cc(C(=O)N2[C@H]3CC[C@@H]2[C@H](N)C3)cc2nc(-c3cc4ccc([C@@H](C)NC(=O)N5CCC(F)(F)CC5)nc4n3CC3CC3)c(C)n12. The smallest absolute Gasteiger partial charge is 0.317 e. The van der Waals surface area contributed by atoms with Crippen molar-refractivity contribution >= 4 is 28.6 Å². The number of alkyl halides is 2. The summed E-state index contributed by atoms with van der Waals surface area (Å²) in [5, 5.41) is 3.91. The monoisotopic (exact) mass is 660 g/mol. The number of urea groups is 1. The van der Waals surface area contributed by atoms with Gasteiger partial charge < -0.3 is 30.2 Å². The number of aryl methyl sites for hydroxylation is 1. The van der Waals surface area contributed by atoms with Crippen LogP contribution in [0, 0.1) is 12.8 Å². The molecule has 2 bridgehead atoms. The Morgan fingerprint density at radius 3 is 2.54 bits per heavy atom. The van der Waals surface area contributed by atoms with Gasteiger partial charge in [-0.2, -0.15) is 0 Å². The van der Waals surface area contributed by atoms with Crippen LogP contribution in [0.5, 0.6) is 5.88 Å². The minimum atomic E-state index is -2.72. The second-order valence-corrected chi connectivity index (χ2v) is 14.2. The number of hydrogen-bond donors (Lipinski definition) is 2. The molecule has 7 heterocycles. The lowest BCUT2D eigenvalue weighted by Gasteiger charge is -2.32. The van der Waals surface area contributed by atoms with Gasteiger partial charge in [0.2, 0.25) is 0 Å². The van der Waals surface area contributed by atoms with Gasteiger partial charge in [0.05, 0.1) is 30.2 Å². The van der Waals surface area contributed by atoms with Gasteiger partial charge in [-0.3, -0.25) is 9.20 Å². The summed E-state index contributed by atoms with van der Waals surface area (Å²) in [4.78, 5) is 40.3. The lowest BCUT2D eigenvalue weighted by atomic mass is 9.97. The number of carbonyl (C=O) groups is 2. The van der Waals surface area contributed by atoms with Gasteiger partial charge in [-0.05, 0) is 76.1 Å². The van der Waals surface area contributed by atoms with Crippen molar-refractivity contribution in [1.29, 1.82) is 0 Å². The van der Waals surface area contributed by atoms with E-state index in [2.05, 4.69) is 16.0 Å². The Hall–Kier alpha value is -4.26. The first-order valence-electron chi connectivity index (χ1n) is 17.1. The molecule has 0 unspecified atom stereocenters. The zero-order valence-electron chi connectivity index (χ0n) is 27.6. The number of fused-ring (bicyclic) bond motifs is 4. The molecule has 4 atom stereocenters. The number of nitrogens with one attached hydrogen (secondary N) is 1. The Bertz CT molecular complexity index is 1920. The Labute approximate surface area is 277 Å². The quantitative estimate of drug-likeness (QED) is 0.278. The number of hydrogen-bond acceptors (Lipinski definition) is 6. The first-order chi connectivity index (χ1) is 23.0. The minimum absolute atomic E-state index is 0.0193. The van der Waals surface area contributed by atoms with Crippen LogP contribution in [0.1, 0.15) is 79.7 Å². The van der Waals surface area contributed by atoms with E-state index in [1.54, 1.807) is 13.2 Å². The third kappa shape index (κ3) is 5.26. The minimum Gasteiger partial charge on any atom is -0.482 e. The zero-order valence-corrected chi connectivity index (χ0v) is 27.6. The molecule has 3 amide bonds. The van der Waals surface area contributed by atoms with E-state index in [0.29, 0.717) is 28.7 Å². The summed E-state index contributed by atoms with van der Waals surface area (Å²) in [5.74, 6) is -1.67. The number of aromatic nitrogens is 4. The topological polar surface area (TPSA) is 123 Å². The highest BCUT2D eigenvalue weighted by atomic mass is 19.3. The molecule has 4 fully saturated rings. The molecule has 0 radical (unpaired) electrons. The van der Waals surface area contributed by atoms with Crippen molar-refractivity contribution in [3.05, 3.63) is 47.3 Å². The van der Waals surface area contributed by atoms with Crippen LogP contribution in [0.25, 0.3) is 28.1 Å². The summed E-state index contributed by atoms with van der Waals surface area (Å²) in [6.07, 6.45) is 4.41. The third-order valence-corrected chi connectivity index (χ3v) is 10.9. The Morgan fingerprint density at radius 1 is 1.10 bits per heavy atom. The predicted molar refractivity (Wildman–Crippen MR) is 176 cm³/mol. The van der Waals surface area contributed by atoms with Crippen molar-refractivity contribution in [3.63, 3.8) is 0 Å². The number of likely N-dealkylation sites (tertiary alicyclic amines) is 1. The molecule has 0 aromatic carbocycles. The molecule has 13 heteroatoms. The van der Waals surface area contributed by atoms with Crippen LogP contribution in [0.15, 0.2) is 30.3 Å². The summed E-state index contributed by atoms with van der Waals surface area (Å²) >= 11 is 0. The van der Waals surface area contributed by atoms with E-state index in [4.69, 9.17) is 20.4 Å². The average molecular weight is 661 g/mol. The Morgan fingerprint density at radius 2 is 1.88 bits per heavy atom. The number of methoxy groups -OCH3 is 1. The maximum atomic E-state index is 13.8. The Balaban J connectivity index is 1.13. The molecule has 1 saturated carbocycles. The largest absolute Gasteiger partial charge is 0.482 e. The predicted octanol–water partition coefficient (Wildman–Crippen LogP) is 5.28. The zero-order chi connectivity index (χ0) is 33.5. The lowest BCUT2D eigenvalue weighted by molar-refractivity contribution is -0.0470. The molecule has 4 aromatic rings. The molecule has 4 aliphatic rings.